The van der Waals surface area contributed by atoms with Crippen LogP contribution in [0.2, 0.25) is 0 Å². The maximum Gasteiger partial charge on any atom is 0.181 e. The number of nitrogen functional groups attached to an aromatic ring is 1. The number of hydrogen-bond acceptors (Lipinski definition) is 3. The van der Waals surface area contributed by atoms with Crippen molar-refractivity contribution in [1.29, 1.82) is 0 Å². The fourth-order valence-corrected chi connectivity index (χ4v) is 3.94. The number of rotatable bonds is 2. The van der Waals surface area contributed by atoms with Crippen molar-refractivity contribution in [2.75, 3.05) is 5.73 Å². The molecule has 0 atom stereocenters. The molecule has 0 radical (unpaired) electrons. The number of anilines is 1. The van der Waals surface area contributed by atoms with Crippen molar-refractivity contribution < 1.29 is 12.8 Å². The summed E-state index contributed by atoms with van der Waals surface area (Å²) >= 11 is 0. The minimum atomic E-state index is -3.37. The van der Waals surface area contributed by atoms with Crippen LogP contribution in [0.4, 0.5) is 10.1 Å². The van der Waals surface area contributed by atoms with Crippen LogP contribution < -0.4 is 5.73 Å². The molecule has 1 aromatic rings. The zero-order valence-electron chi connectivity index (χ0n) is 8.82. The summed E-state index contributed by atoms with van der Waals surface area (Å²) in [5, 5.41) is -0.351. The molecule has 2 N–H and O–H groups in total. The molecule has 0 spiro atoms. The SMILES string of the molecule is Nc1ccc(S(=O)(=O)C2CCCC2)cc1F. The number of halogens is 1. The fraction of sp³-hybridized carbons (Fsp3) is 0.455. The molecule has 5 heteroatoms. The Bertz CT molecular complexity index is 493. The van der Waals surface area contributed by atoms with E-state index in [-0.39, 0.29) is 15.8 Å². The first kappa shape index (κ1) is 11.4. The molecule has 16 heavy (non-hydrogen) atoms. The maximum atomic E-state index is 13.2. The van der Waals surface area contributed by atoms with Gasteiger partial charge in [0.1, 0.15) is 5.82 Å². The second kappa shape index (κ2) is 4.05. The molecule has 0 bridgehead atoms. The molecule has 0 unspecified atom stereocenters. The fourth-order valence-electron chi connectivity index (χ4n) is 2.08. The average Bonchev–Trinajstić information content (AvgIpc) is 2.75. The van der Waals surface area contributed by atoms with Gasteiger partial charge in [0.05, 0.1) is 15.8 Å². The van der Waals surface area contributed by atoms with Gasteiger partial charge in [0.25, 0.3) is 0 Å². The van der Waals surface area contributed by atoms with Gasteiger partial charge < -0.3 is 5.73 Å². The molecule has 0 aliphatic heterocycles. The Morgan fingerprint density at radius 2 is 1.88 bits per heavy atom. The van der Waals surface area contributed by atoms with E-state index in [2.05, 4.69) is 0 Å². The van der Waals surface area contributed by atoms with E-state index in [9.17, 15) is 12.8 Å². The lowest BCUT2D eigenvalue weighted by molar-refractivity contribution is 0.576. The minimum absolute atomic E-state index is 0.0228. The molecule has 2 rings (SSSR count). The van der Waals surface area contributed by atoms with Gasteiger partial charge >= 0.3 is 0 Å². The van der Waals surface area contributed by atoms with Crippen LogP contribution in [0.5, 0.6) is 0 Å². The summed E-state index contributed by atoms with van der Waals surface area (Å²) in [6.45, 7) is 0. The molecule has 3 nitrogen and oxygen atoms in total. The Balaban J connectivity index is 2.39. The monoisotopic (exact) mass is 243 g/mol. The Kier molecular flexibility index (Phi) is 2.88. The summed E-state index contributed by atoms with van der Waals surface area (Å²) in [7, 11) is -3.37. The van der Waals surface area contributed by atoms with Crippen LogP contribution in [0.15, 0.2) is 23.1 Å². The van der Waals surface area contributed by atoms with Crippen molar-refractivity contribution in [1.82, 2.24) is 0 Å². The van der Waals surface area contributed by atoms with Gasteiger partial charge in [-0.25, -0.2) is 12.8 Å². The number of benzene rings is 1. The van der Waals surface area contributed by atoms with Crippen LogP contribution in [0.1, 0.15) is 25.7 Å². The van der Waals surface area contributed by atoms with Gasteiger partial charge in [0.15, 0.2) is 9.84 Å². The third-order valence-electron chi connectivity index (χ3n) is 3.04. The summed E-state index contributed by atoms with van der Waals surface area (Å²) in [6, 6.07) is 3.70. The van der Waals surface area contributed by atoms with E-state index in [0.717, 1.165) is 18.9 Å². The van der Waals surface area contributed by atoms with Crippen molar-refractivity contribution >= 4 is 15.5 Å². The highest BCUT2D eigenvalue weighted by Crippen LogP contribution is 2.30. The average molecular weight is 243 g/mol. The Hall–Kier alpha value is -1.10. The van der Waals surface area contributed by atoms with Crippen LogP contribution in [-0.4, -0.2) is 13.7 Å². The zero-order chi connectivity index (χ0) is 11.8. The van der Waals surface area contributed by atoms with E-state index in [1.165, 1.54) is 12.1 Å². The van der Waals surface area contributed by atoms with Crippen molar-refractivity contribution in [2.24, 2.45) is 0 Å². The summed E-state index contributed by atoms with van der Waals surface area (Å²) < 4.78 is 37.4. The smallest absolute Gasteiger partial charge is 0.181 e. The molecule has 0 heterocycles. The van der Waals surface area contributed by atoms with Crippen molar-refractivity contribution in [3.8, 4) is 0 Å². The van der Waals surface area contributed by atoms with Gasteiger partial charge in [-0.15, -0.1) is 0 Å². The van der Waals surface area contributed by atoms with Crippen molar-refractivity contribution in [2.45, 2.75) is 35.8 Å². The molecule has 1 aliphatic rings. The van der Waals surface area contributed by atoms with E-state index in [1.807, 2.05) is 0 Å². The highest BCUT2D eigenvalue weighted by Gasteiger charge is 2.30. The lowest BCUT2D eigenvalue weighted by Gasteiger charge is -2.11. The number of hydrogen-bond donors (Lipinski definition) is 1. The van der Waals surface area contributed by atoms with E-state index < -0.39 is 15.7 Å². The summed E-state index contributed by atoms with van der Waals surface area (Å²) in [6.07, 6.45) is 3.21. The summed E-state index contributed by atoms with van der Waals surface area (Å²) in [4.78, 5) is 0.0473. The van der Waals surface area contributed by atoms with Gasteiger partial charge in [-0.2, -0.15) is 0 Å². The van der Waals surface area contributed by atoms with Gasteiger partial charge in [-0.1, -0.05) is 12.8 Å². The zero-order valence-corrected chi connectivity index (χ0v) is 9.63. The molecule has 0 aromatic heterocycles. The van der Waals surface area contributed by atoms with Crippen LogP contribution in [0, 0.1) is 5.82 Å². The lowest BCUT2D eigenvalue weighted by Crippen LogP contribution is -2.18. The molecule has 1 saturated carbocycles. The van der Waals surface area contributed by atoms with E-state index >= 15 is 0 Å². The number of sulfone groups is 1. The quantitative estimate of drug-likeness (QED) is 0.809. The minimum Gasteiger partial charge on any atom is -0.396 e. The van der Waals surface area contributed by atoms with Gasteiger partial charge in [0, 0.05) is 0 Å². The van der Waals surface area contributed by atoms with Crippen LogP contribution in [0.3, 0.4) is 0 Å². The molecule has 1 aliphatic carbocycles. The second-order valence-corrected chi connectivity index (χ2v) is 6.36. The Morgan fingerprint density at radius 3 is 2.44 bits per heavy atom. The van der Waals surface area contributed by atoms with E-state index in [1.54, 1.807) is 0 Å². The summed E-state index contributed by atoms with van der Waals surface area (Å²) in [5.41, 5.74) is 5.29. The molecule has 1 fully saturated rings. The Labute approximate surface area is 94.4 Å². The first-order valence-corrected chi connectivity index (χ1v) is 6.85. The molecular weight excluding hydrogens is 229 g/mol. The molecule has 0 saturated heterocycles. The normalized spacial score (nSPS) is 17.8. The van der Waals surface area contributed by atoms with Gasteiger partial charge in [0.2, 0.25) is 0 Å². The van der Waals surface area contributed by atoms with Crippen LogP contribution >= 0.6 is 0 Å². The Morgan fingerprint density at radius 1 is 1.25 bits per heavy atom. The molecule has 0 amide bonds. The van der Waals surface area contributed by atoms with E-state index in [4.69, 9.17) is 5.73 Å². The van der Waals surface area contributed by atoms with Crippen molar-refractivity contribution in [3.05, 3.63) is 24.0 Å². The first-order valence-electron chi connectivity index (χ1n) is 5.31. The highest BCUT2D eigenvalue weighted by atomic mass is 32.2. The highest BCUT2D eigenvalue weighted by molar-refractivity contribution is 7.92. The lowest BCUT2D eigenvalue weighted by atomic mass is 10.3. The maximum absolute atomic E-state index is 13.2. The molecule has 1 aromatic carbocycles. The predicted molar refractivity (Wildman–Crippen MR) is 60.3 cm³/mol. The summed E-state index contributed by atoms with van der Waals surface area (Å²) in [5.74, 6) is -0.668. The van der Waals surface area contributed by atoms with Crippen molar-refractivity contribution in [3.63, 3.8) is 0 Å². The van der Waals surface area contributed by atoms with Gasteiger partial charge in [-0.05, 0) is 31.0 Å². The largest absolute Gasteiger partial charge is 0.396 e. The number of nitrogens with two attached hydrogens (primary N) is 1. The predicted octanol–water partition coefficient (Wildman–Crippen LogP) is 2.12. The second-order valence-electron chi connectivity index (χ2n) is 4.13. The molecule has 88 valence electrons. The first-order chi connectivity index (χ1) is 7.51. The van der Waals surface area contributed by atoms with Crippen LogP contribution in [-0.2, 0) is 9.84 Å². The van der Waals surface area contributed by atoms with Gasteiger partial charge in [-0.3, -0.25) is 0 Å². The standard InChI is InChI=1S/C11H14FNO2S/c12-10-7-9(5-6-11(10)13)16(14,15)8-3-1-2-4-8/h5-8H,1-4,13H2. The van der Waals surface area contributed by atoms with E-state index in [0.29, 0.717) is 12.8 Å². The van der Waals surface area contributed by atoms with Crippen LogP contribution in [0.25, 0.3) is 0 Å². The third-order valence-corrected chi connectivity index (χ3v) is 5.30. The third kappa shape index (κ3) is 1.91. The topological polar surface area (TPSA) is 60.2 Å². The molecular formula is C11H14FNO2S.